The number of methoxy groups -OCH3 is 1. The molecule has 0 saturated heterocycles. The van der Waals surface area contributed by atoms with Crippen molar-refractivity contribution in [1.82, 2.24) is 9.78 Å². The van der Waals surface area contributed by atoms with E-state index in [0.717, 1.165) is 17.0 Å². The number of rotatable bonds is 9. The van der Waals surface area contributed by atoms with Gasteiger partial charge in [-0.2, -0.15) is 5.10 Å². The number of amides is 1. The predicted molar refractivity (Wildman–Crippen MR) is 130 cm³/mol. The molecule has 2 aromatic carbocycles. The number of anilines is 1. The number of aryl methyl sites for hydroxylation is 1. The maximum Gasteiger partial charge on any atom is 0.338 e. The molecule has 0 aliphatic rings. The molecule has 0 aliphatic heterocycles. The topological polar surface area (TPSA) is 143 Å². The van der Waals surface area contributed by atoms with Crippen molar-refractivity contribution in [2.45, 2.75) is 39.7 Å². The Kier molecular flexibility index (Phi) is 8.15. The molecule has 36 heavy (non-hydrogen) atoms. The number of nitro groups is 1. The Labute approximate surface area is 207 Å². The minimum Gasteiger partial charge on any atom is -0.469 e. The van der Waals surface area contributed by atoms with E-state index in [0.29, 0.717) is 12.1 Å². The summed E-state index contributed by atoms with van der Waals surface area (Å²) in [5, 5.41) is 18.1. The SMILES string of the molecule is COC(=O)CCc1c(C)nn(-c2ccc(C(=O)OC(C)C(=O)Nc3ccccc3[N+](=O)[O-])cc2)c1C. The number of carbonyl (C=O) groups excluding carboxylic acids is 3. The first kappa shape index (κ1) is 26.1. The first-order valence-corrected chi connectivity index (χ1v) is 11.1. The highest BCUT2D eigenvalue weighted by Crippen LogP contribution is 2.24. The fraction of sp³-hybridized carbons (Fsp3) is 0.280. The summed E-state index contributed by atoms with van der Waals surface area (Å²) < 4.78 is 11.7. The molecule has 0 saturated carbocycles. The number of nitrogens with one attached hydrogen (secondary N) is 1. The van der Waals surface area contributed by atoms with E-state index in [-0.39, 0.29) is 29.3 Å². The quantitative estimate of drug-likeness (QED) is 0.270. The van der Waals surface area contributed by atoms with Gasteiger partial charge >= 0.3 is 11.9 Å². The summed E-state index contributed by atoms with van der Waals surface area (Å²) in [5.74, 6) is -1.72. The number of aromatic nitrogens is 2. The molecule has 1 N–H and O–H groups in total. The van der Waals surface area contributed by atoms with E-state index in [4.69, 9.17) is 9.47 Å². The Hall–Kier alpha value is -4.54. The van der Waals surface area contributed by atoms with Gasteiger partial charge in [0.1, 0.15) is 5.69 Å². The summed E-state index contributed by atoms with van der Waals surface area (Å²) in [7, 11) is 1.35. The molecule has 3 rings (SSSR count). The summed E-state index contributed by atoms with van der Waals surface area (Å²) >= 11 is 0. The third kappa shape index (κ3) is 5.93. The van der Waals surface area contributed by atoms with E-state index in [1.807, 2.05) is 13.8 Å². The Morgan fingerprint density at radius 1 is 1.11 bits per heavy atom. The summed E-state index contributed by atoms with van der Waals surface area (Å²) in [6.45, 7) is 5.13. The van der Waals surface area contributed by atoms with E-state index in [1.54, 1.807) is 35.0 Å². The molecule has 1 atom stereocenters. The molecule has 1 aromatic heterocycles. The lowest BCUT2D eigenvalue weighted by atomic mass is 10.1. The highest BCUT2D eigenvalue weighted by atomic mass is 16.6. The third-order valence-corrected chi connectivity index (χ3v) is 5.61. The minimum absolute atomic E-state index is 0.00981. The van der Waals surface area contributed by atoms with E-state index in [1.165, 1.54) is 32.2 Å². The molecule has 0 aliphatic carbocycles. The van der Waals surface area contributed by atoms with Crippen molar-refractivity contribution in [3.63, 3.8) is 0 Å². The smallest absolute Gasteiger partial charge is 0.338 e. The van der Waals surface area contributed by atoms with Gasteiger partial charge in [-0.1, -0.05) is 12.1 Å². The molecular formula is C25H26N4O7. The summed E-state index contributed by atoms with van der Waals surface area (Å²) in [5.41, 5.74) is 3.27. The standard InChI is InChI=1S/C25H26N4O7/c1-15-20(13-14-23(30)35-4)16(2)28(27-15)19-11-9-18(10-12-19)25(32)36-17(3)24(31)26-21-7-5-6-8-22(21)29(33)34/h5-12,17H,13-14H2,1-4H3,(H,26,31). The zero-order valence-corrected chi connectivity index (χ0v) is 20.3. The van der Waals surface area contributed by atoms with Crippen molar-refractivity contribution in [2.75, 3.05) is 12.4 Å². The normalized spacial score (nSPS) is 11.4. The van der Waals surface area contributed by atoms with Gasteiger partial charge < -0.3 is 14.8 Å². The number of para-hydroxylation sites is 2. The molecule has 1 unspecified atom stereocenters. The first-order valence-electron chi connectivity index (χ1n) is 11.1. The lowest BCUT2D eigenvalue weighted by molar-refractivity contribution is -0.383. The Balaban J connectivity index is 1.67. The number of nitro benzene ring substituents is 1. The second kappa shape index (κ2) is 11.3. The van der Waals surface area contributed by atoms with Crippen molar-refractivity contribution in [2.24, 2.45) is 0 Å². The van der Waals surface area contributed by atoms with Crippen LogP contribution in [-0.4, -0.2) is 45.8 Å². The van der Waals surface area contributed by atoms with Gasteiger partial charge in [-0.25, -0.2) is 9.48 Å². The zero-order valence-electron chi connectivity index (χ0n) is 20.3. The molecule has 1 amide bonds. The van der Waals surface area contributed by atoms with Crippen LogP contribution in [0.15, 0.2) is 48.5 Å². The number of hydrogen-bond acceptors (Lipinski definition) is 8. The van der Waals surface area contributed by atoms with Gasteiger partial charge in [0, 0.05) is 18.2 Å². The van der Waals surface area contributed by atoms with Gasteiger partial charge in [-0.15, -0.1) is 0 Å². The Morgan fingerprint density at radius 3 is 2.42 bits per heavy atom. The lowest BCUT2D eigenvalue weighted by Gasteiger charge is -2.14. The van der Waals surface area contributed by atoms with Crippen LogP contribution in [0, 0.1) is 24.0 Å². The highest BCUT2D eigenvalue weighted by molar-refractivity contribution is 5.98. The van der Waals surface area contributed by atoms with Crippen molar-refractivity contribution in [1.29, 1.82) is 0 Å². The molecule has 0 bridgehead atoms. The van der Waals surface area contributed by atoms with Gasteiger partial charge in [-0.05, 0) is 63.1 Å². The predicted octanol–water partition coefficient (Wildman–Crippen LogP) is 3.69. The van der Waals surface area contributed by atoms with Crippen molar-refractivity contribution in [3.05, 3.63) is 81.2 Å². The van der Waals surface area contributed by atoms with Crippen LogP contribution in [0.2, 0.25) is 0 Å². The van der Waals surface area contributed by atoms with Crippen molar-refractivity contribution >= 4 is 29.2 Å². The molecule has 0 spiro atoms. The molecule has 1 heterocycles. The van der Waals surface area contributed by atoms with Crippen LogP contribution in [-0.2, 0) is 25.5 Å². The van der Waals surface area contributed by atoms with Crippen LogP contribution >= 0.6 is 0 Å². The molecule has 11 nitrogen and oxygen atoms in total. The van der Waals surface area contributed by atoms with Crippen LogP contribution in [0.1, 0.15) is 40.7 Å². The van der Waals surface area contributed by atoms with Crippen LogP contribution in [0.25, 0.3) is 5.69 Å². The highest BCUT2D eigenvalue weighted by Gasteiger charge is 2.22. The second-order valence-corrected chi connectivity index (χ2v) is 8.00. The number of ether oxygens (including phenoxy) is 2. The van der Waals surface area contributed by atoms with Crippen LogP contribution < -0.4 is 5.32 Å². The molecule has 11 heteroatoms. The summed E-state index contributed by atoms with van der Waals surface area (Å²) in [6.07, 6.45) is -0.441. The van der Waals surface area contributed by atoms with Gasteiger partial charge in [-0.3, -0.25) is 19.7 Å². The fourth-order valence-corrected chi connectivity index (χ4v) is 3.61. The maximum atomic E-state index is 12.6. The van der Waals surface area contributed by atoms with Gasteiger partial charge in [0.15, 0.2) is 6.10 Å². The third-order valence-electron chi connectivity index (χ3n) is 5.61. The van der Waals surface area contributed by atoms with Gasteiger partial charge in [0.05, 0.1) is 29.0 Å². The number of esters is 2. The number of hydrogen-bond donors (Lipinski definition) is 1. The molecule has 0 fully saturated rings. The van der Waals surface area contributed by atoms with Crippen molar-refractivity contribution in [3.8, 4) is 5.69 Å². The largest absolute Gasteiger partial charge is 0.469 e. The molecule has 188 valence electrons. The van der Waals surface area contributed by atoms with Crippen LogP contribution in [0.3, 0.4) is 0 Å². The van der Waals surface area contributed by atoms with E-state index in [2.05, 4.69) is 10.4 Å². The monoisotopic (exact) mass is 494 g/mol. The summed E-state index contributed by atoms with van der Waals surface area (Å²) in [4.78, 5) is 47.0. The van der Waals surface area contributed by atoms with Gasteiger partial charge in [0.25, 0.3) is 11.6 Å². The van der Waals surface area contributed by atoms with E-state index >= 15 is 0 Å². The maximum absolute atomic E-state index is 12.6. The number of nitrogens with zero attached hydrogens (tertiary/aromatic N) is 3. The molecular weight excluding hydrogens is 468 g/mol. The minimum atomic E-state index is -1.19. The van der Waals surface area contributed by atoms with Crippen LogP contribution in [0.5, 0.6) is 0 Å². The van der Waals surface area contributed by atoms with E-state index in [9.17, 15) is 24.5 Å². The first-order chi connectivity index (χ1) is 17.1. The molecule has 3 aromatic rings. The lowest BCUT2D eigenvalue weighted by Crippen LogP contribution is -2.30. The second-order valence-electron chi connectivity index (χ2n) is 8.00. The van der Waals surface area contributed by atoms with E-state index < -0.39 is 22.9 Å². The number of benzene rings is 2. The Morgan fingerprint density at radius 2 is 1.78 bits per heavy atom. The summed E-state index contributed by atoms with van der Waals surface area (Å²) in [6, 6.07) is 12.2. The molecule has 0 radical (unpaired) electrons. The fourth-order valence-electron chi connectivity index (χ4n) is 3.61. The van der Waals surface area contributed by atoms with Gasteiger partial charge in [0.2, 0.25) is 0 Å². The van der Waals surface area contributed by atoms with Crippen LogP contribution in [0.4, 0.5) is 11.4 Å². The zero-order chi connectivity index (χ0) is 26.4. The number of carbonyl (C=O) groups is 3. The average Bonchev–Trinajstić information content (AvgIpc) is 3.15. The Bertz CT molecular complexity index is 1300. The average molecular weight is 495 g/mol. The van der Waals surface area contributed by atoms with Crippen molar-refractivity contribution < 1.29 is 28.8 Å².